The summed E-state index contributed by atoms with van der Waals surface area (Å²) in [5, 5.41) is 3.19. The summed E-state index contributed by atoms with van der Waals surface area (Å²) in [6.07, 6.45) is 5.57. The zero-order valence-corrected chi connectivity index (χ0v) is 23.1. The van der Waals surface area contributed by atoms with E-state index in [-0.39, 0.29) is 29.9 Å². The van der Waals surface area contributed by atoms with Gasteiger partial charge in [-0.15, -0.1) is 0 Å². The molecule has 190 valence electrons. The monoisotopic (exact) mass is 542 g/mol. The summed E-state index contributed by atoms with van der Waals surface area (Å²) in [4.78, 5) is 28.3. The smallest absolute Gasteiger partial charge is 0.261 e. The second-order valence-corrected chi connectivity index (χ2v) is 11.3. The largest absolute Gasteiger partial charge is 0.483 e. The van der Waals surface area contributed by atoms with Crippen molar-refractivity contribution < 1.29 is 14.3 Å². The molecule has 5 nitrogen and oxygen atoms in total. The lowest BCUT2D eigenvalue weighted by atomic mass is 9.87. The van der Waals surface area contributed by atoms with Crippen molar-refractivity contribution in [2.24, 2.45) is 0 Å². The first-order valence-electron chi connectivity index (χ1n) is 12.8. The highest BCUT2D eigenvalue weighted by Crippen LogP contribution is 2.31. The molecule has 3 rings (SSSR count). The lowest BCUT2D eigenvalue weighted by Crippen LogP contribution is -2.53. The van der Waals surface area contributed by atoms with Crippen LogP contribution >= 0.6 is 15.9 Å². The molecule has 0 unspecified atom stereocenters. The van der Waals surface area contributed by atoms with Crippen LogP contribution in [0.15, 0.2) is 53.0 Å². The van der Waals surface area contributed by atoms with Gasteiger partial charge in [-0.1, -0.05) is 76.9 Å². The van der Waals surface area contributed by atoms with Crippen LogP contribution in [0.5, 0.6) is 5.75 Å². The first kappa shape index (κ1) is 27.3. The second-order valence-electron chi connectivity index (χ2n) is 10.4. The number of amides is 2. The van der Waals surface area contributed by atoms with Crippen LogP contribution in [0.1, 0.15) is 70.9 Å². The summed E-state index contributed by atoms with van der Waals surface area (Å²) < 4.78 is 6.76. The predicted molar refractivity (Wildman–Crippen MR) is 145 cm³/mol. The molecule has 35 heavy (non-hydrogen) atoms. The van der Waals surface area contributed by atoms with E-state index in [1.165, 1.54) is 5.56 Å². The van der Waals surface area contributed by atoms with Gasteiger partial charge in [-0.05, 0) is 70.3 Å². The van der Waals surface area contributed by atoms with Crippen molar-refractivity contribution in [2.45, 2.75) is 83.7 Å². The van der Waals surface area contributed by atoms with Gasteiger partial charge >= 0.3 is 0 Å². The molecule has 0 radical (unpaired) electrons. The van der Waals surface area contributed by atoms with Crippen LogP contribution in [0.3, 0.4) is 0 Å². The minimum Gasteiger partial charge on any atom is -0.483 e. The molecular weight excluding hydrogens is 504 g/mol. The number of ether oxygens (including phenoxy) is 1. The molecule has 0 bridgehead atoms. The predicted octanol–water partition coefficient (Wildman–Crippen LogP) is 6.03. The summed E-state index contributed by atoms with van der Waals surface area (Å²) in [6.45, 7) is 8.79. The van der Waals surface area contributed by atoms with Gasteiger partial charge in [-0.2, -0.15) is 0 Å². The maximum absolute atomic E-state index is 13.4. The number of halogens is 1. The molecule has 2 aromatic rings. The van der Waals surface area contributed by atoms with Gasteiger partial charge in [0.25, 0.3) is 5.91 Å². The van der Waals surface area contributed by atoms with E-state index >= 15 is 0 Å². The summed E-state index contributed by atoms with van der Waals surface area (Å²) in [7, 11) is 0. The van der Waals surface area contributed by atoms with Crippen LogP contribution in [0, 0.1) is 0 Å². The van der Waals surface area contributed by atoms with Gasteiger partial charge in [-0.3, -0.25) is 9.59 Å². The molecule has 1 fully saturated rings. The topological polar surface area (TPSA) is 58.6 Å². The molecule has 1 N–H and O–H groups in total. The molecule has 1 aliphatic carbocycles. The molecule has 1 atom stereocenters. The van der Waals surface area contributed by atoms with E-state index in [2.05, 4.69) is 42.0 Å². The molecular formula is C29H39BrN2O3. The molecule has 6 heteroatoms. The quantitative estimate of drug-likeness (QED) is 0.398. The highest BCUT2D eigenvalue weighted by atomic mass is 79.9. The van der Waals surface area contributed by atoms with E-state index in [1.807, 2.05) is 55.5 Å². The highest BCUT2D eigenvalue weighted by Gasteiger charge is 2.30. The van der Waals surface area contributed by atoms with E-state index in [0.29, 0.717) is 25.1 Å². The Morgan fingerprint density at radius 2 is 1.80 bits per heavy atom. The number of nitrogens with one attached hydrogen (secondary N) is 1. The second kappa shape index (κ2) is 12.6. The summed E-state index contributed by atoms with van der Waals surface area (Å²) in [5.41, 5.74) is 2.34. The molecule has 0 saturated heterocycles. The number of carbonyl (C=O) groups is 2. The summed E-state index contributed by atoms with van der Waals surface area (Å²) >= 11 is 3.59. The van der Waals surface area contributed by atoms with Gasteiger partial charge in [0.1, 0.15) is 11.8 Å². The van der Waals surface area contributed by atoms with Crippen LogP contribution < -0.4 is 10.1 Å². The Labute approximate surface area is 218 Å². The maximum atomic E-state index is 13.4. The first-order chi connectivity index (χ1) is 16.7. The third-order valence-corrected chi connectivity index (χ3v) is 7.34. The number of hydrogen-bond acceptors (Lipinski definition) is 3. The standard InChI is InChI=1S/C29H39BrN2O3/c1-5-25(28(34)31-23-13-9-10-14-23)32(18-17-21-11-7-6-8-12-21)27(33)20-35-26-16-15-22(19-24(26)30)29(2,3)4/h6-8,11-12,15-16,19,23,25H,5,9-10,13-14,17-18,20H2,1-4H3,(H,31,34)/t25-/m1/s1. The molecule has 0 heterocycles. The molecule has 1 saturated carbocycles. The van der Waals surface area contributed by atoms with Crippen LogP contribution in [-0.2, 0) is 21.4 Å². The fourth-order valence-electron chi connectivity index (χ4n) is 4.57. The van der Waals surface area contributed by atoms with Crippen LogP contribution in [0.25, 0.3) is 0 Å². The van der Waals surface area contributed by atoms with Gasteiger partial charge in [0.05, 0.1) is 4.47 Å². The van der Waals surface area contributed by atoms with E-state index < -0.39 is 6.04 Å². The van der Waals surface area contributed by atoms with Gasteiger partial charge in [-0.25, -0.2) is 0 Å². The number of nitrogens with zero attached hydrogens (tertiary/aromatic N) is 1. The highest BCUT2D eigenvalue weighted by molar-refractivity contribution is 9.10. The van der Waals surface area contributed by atoms with Gasteiger partial charge in [0.2, 0.25) is 5.91 Å². The number of rotatable bonds is 10. The Morgan fingerprint density at radius 3 is 2.40 bits per heavy atom. The molecule has 0 aliphatic heterocycles. The number of carbonyl (C=O) groups excluding carboxylic acids is 2. The van der Waals surface area contributed by atoms with Crippen LogP contribution in [0.2, 0.25) is 0 Å². The van der Waals surface area contributed by atoms with Crippen molar-refractivity contribution in [1.82, 2.24) is 10.2 Å². The molecule has 1 aliphatic rings. The lowest BCUT2D eigenvalue weighted by molar-refractivity contribution is -0.142. The van der Waals surface area contributed by atoms with Crippen molar-refractivity contribution in [3.05, 3.63) is 64.1 Å². The fourth-order valence-corrected chi connectivity index (χ4v) is 5.06. The number of hydrogen-bond donors (Lipinski definition) is 1. The van der Waals surface area contributed by atoms with Crippen molar-refractivity contribution in [3.63, 3.8) is 0 Å². The van der Waals surface area contributed by atoms with Crippen molar-refractivity contribution in [3.8, 4) is 5.75 Å². The van der Waals surface area contributed by atoms with Crippen LogP contribution in [0.4, 0.5) is 0 Å². The van der Waals surface area contributed by atoms with E-state index in [4.69, 9.17) is 4.74 Å². The van der Waals surface area contributed by atoms with Crippen molar-refractivity contribution >= 4 is 27.7 Å². The molecule has 2 amide bonds. The Morgan fingerprint density at radius 1 is 1.11 bits per heavy atom. The zero-order valence-electron chi connectivity index (χ0n) is 21.5. The molecule has 0 aromatic heterocycles. The maximum Gasteiger partial charge on any atom is 0.261 e. The number of benzene rings is 2. The van der Waals surface area contributed by atoms with E-state index in [0.717, 1.165) is 35.7 Å². The third-order valence-electron chi connectivity index (χ3n) is 6.72. The van der Waals surface area contributed by atoms with Crippen LogP contribution in [-0.4, -0.2) is 41.9 Å². The Balaban J connectivity index is 1.72. The van der Waals surface area contributed by atoms with Crippen molar-refractivity contribution in [1.29, 1.82) is 0 Å². The van der Waals surface area contributed by atoms with Gasteiger partial charge < -0.3 is 15.0 Å². The lowest BCUT2D eigenvalue weighted by Gasteiger charge is -2.31. The SMILES string of the molecule is CC[C@H](C(=O)NC1CCCC1)N(CCc1ccccc1)C(=O)COc1ccc(C(C)(C)C)cc1Br. The Kier molecular flexibility index (Phi) is 9.79. The third kappa shape index (κ3) is 7.83. The zero-order chi connectivity index (χ0) is 25.4. The van der Waals surface area contributed by atoms with Crippen molar-refractivity contribution in [2.75, 3.05) is 13.2 Å². The molecule has 0 spiro atoms. The summed E-state index contributed by atoms with van der Waals surface area (Å²) in [5.74, 6) is 0.385. The Hall–Kier alpha value is -2.34. The van der Waals surface area contributed by atoms with Gasteiger partial charge in [0.15, 0.2) is 6.61 Å². The average Bonchev–Trinajstić information content (AvgIpc) is 3.33. The van der Waals surface area contributed by atoms with Gasteiger partial charge in [0, 0.05) is 12.6 Å². The Bertz CT molecular complexity index is 981. The first-order valence-corrected chi connectivity index (χ1v) is 13.5. The fraction of sp³-hybridized carbons (Fsp3) is 0.517. The normalized spacial score (nSPS) is 15.0. The van der Waals surface area contributed by atoms with E-state index in [9.17, 15) is 9.59 Å². The minimum absolute atomic E-state index is 0.0200. The average molecular weight is 544 g/mol. The van der Waals surface area contributed by atoms with E-state index in [1.54, 1.807) is 4.90 Å². The molecule has 2 aromatic carbocycles. The minimum atomic E-state index is -0.512. The summed E-state index contributed by atoms with van der Waals surface area (Å²) in [6, 6.07) is 15.7.